The SMILES string of the molecule is O=C(CN1C(=O)NC2(CCC(F)(F)CC2)C1=O)c1ccccc1. The van der Waals surface area contributed by atoms with Gasteiger partial charge in [-0.25, -0.2) is 13.6 Å². The maximum atomic E-state index is 13.3. The molecular formula is C16H16F2N2O3. The van der Waals surface area contributed by atoms with Crippen molar-refractivity contribution in [3.8, 4) is 0 Å². The number of halogens is 2. The fourth-order valence-electron chi connectivity index (χ4n) is 3.06. The molecule has 1 saturated carbocycles. The van der Waals surface area contributed by atoms with Gasteiger partial charge >= 0.3 is 6.03 Å². The maximum absolute atomic E-state index is 13.3. The topological polar surface area (TPSA) is 66.5 Å². The second kappa shape index (κ2) is 5.40. The molecule has 0 radical (unpaired) electrons. The van der Waals surface area contributed by atoms with Gasteiger partial charge in [0.05, 0.1) is 6.54 Å². The number of ketones is 1. The van der Waals surface area contributed by atoms with Crippen molar-refractivity contribution in [1.82, 2.24) is 10.2 Å². The summed E-state index contributed by atoms with van der Waals surface area (Å²) in [7, 11) is 0. The minimum absolute atomic E-state index is 0.111. The number of rotatable bonds is 3. The van der Waals surface area contributed by atoms with Gasteiger partial charge in [-0.2, -0.15) is 0 Å². The Balaban J connectivity index is 1.74. The Kier molecular flexibility index (Phi) is 3.66. The van der Waals surface area contributed by atoms with Crippen molar-refractivity contribution in [2.24, 2.45) is 0 Å². The van der Waals surface area contributed by atoms with Crippen LogP contribution >= 0.6 is 0 Å². The lowest BCUT2D eigenvalue weighted by atomic mass is 9.80. The number of urea groups is 1. The van der Waals surface area contributed by atoms with E-state index in [1.54, 1.807) is 30.3 Å². The van der Waals surface area contributed by atoms with E-state index in [9.17, 15) is 23.2 Å². The predicted octanol–water partition coefficient (Wildman–Crippen LogP) is 2.37. The first kappa shape index (κ1) is 15.6. The van der Waals surface area contributed by atoms with Gasteiger partial charge in [-0.3, -0.25) is 14.5 Å². The number of benzene rings is 1. The second-order valence-electron chi connectivity index (χ2n) is 6.05. The molecule has 2 aliphatic rings. The van der Waals surface area contributed by atoms with E-state index in [1.165, 1.54) is 0 Å². The van der Waals surface area contributed by atoms with Crippen LogP contribution in [0.25, 0.3) is 0 Å². The molecule has 0 bridgehead atoms. The van der Waals surface area contributed by atoms with Crippen LogP contribution in [0.5, 0.6) is 0 Å². The predicted molar refractivity (Wildman–Crippen MR) is 77.2 cm³/mol. The molecule has 1 saturated heterocycles. The zero-order valence-corrected chi connectivity index (χ0v) is 12.4. The van der Waals surface area contributed by atoms with E-state index in [1.807, 2.05) is 0 Å². The highest BCUT2D eigenvalue weighted by atomic mass is 19.3. The third-order valence-electron chi connectivity index (χ3n) is 4.48. The van der Waals surface area contributed by atoms with E-state index in [-0.39, 0.29) is 25.2 Å². The molecule has 0 unspecified atom stereocenters. The van der Waals surface area contributed by atoms with Crippen LogP contribution in [0.1, 0.15) is 36.0 Å². The van der Waals surface area contributed by atoms with E-state index >= 15 is 0 Å². The van der Waals surface area contributed by atoms with Crippen molar-refractivity contribution in [2.75, 3.05) is 6.54 Å². The Morgan fingerprint density at radius 2 is 1.70 bits per heavy atom. The van der Waals surface area contributed by atoms with Gasteiger partial charge in [0.2, 0.25) is 5.92 Å². The minimum atomic E-state index is -2.80. The van der Waals surface area contributed by atoms with Gasteiger partial charge in [0.1, 0.15) is 5.54 Å². The number of carbonyl (C=O) groups excluding carboxylic acids is 3. The normalized spacial score (nSPS) is 22.3. The summed E-state index contributed by atoms with van der Waals surface area (Å²) < 4.78 is 26.6. The zero-order chi connectivity index (χ0) is 16.7. The molecule has 1 heterocycles. The number of amides is 3. The third-order valence-corrected chi connectivity index (χ3v) is 4.48. The molecule has 1 spiro atoms. The summed E-state index contributed by atoms with van der Waals surface area (Å²) >= 11 is 0. The molecule has 3 rings (SSSR count). The van der Waals surface area contributed by atoms with E-state index in [0.717, 1.165) is 4.90 Å². The quantitative estimate of drug-likeness (QED) is 0.686. The molecule has 23 heavy (non-hydrogen) atoms. The number of hydrogen-bond acceptors (Lipinski definition) is 3. The molecule has 3 amide bonds. The van der Waals surface area contributed by atoms with Crippen LogP contribution in [0.2, 0.25) is 0 Å². The van der Waals surface area contributed by atoms with Crippen molar-refractivity contribution in [1.29, 1.82) is 0 Å². The van der Waals surface area contributed by atoms with Crippen LogP contribution in [0.3, 0.4) is 0 Å². The van der Waals surface area contributed by atoms with Gasteiger partial charge < -0.3 is 5.32 Å². The van der Waals surface area contributed by atoms with Crippen LogP contribution in [0.15, 0.2) is 30.3 Å². The summed E-state index contributed by atoms with van der Waals surface area (Å²) in [5.41, 5.74) is -0.889. The number of alkyl halides is 2. The summed E-state index contributed by atoms with van der Waals surface area (Å²) in [4.78, 5) is 37.6. The monoisotopic (exact) mass is 322 g/mol. The largest absolute Gasteiger partial charge is 0.325 e. The van der Waals surface area contributed by atoms with E-state index in [2.05, 4.69) is 5.32 Å². The number of nitrogens with one attached hydrogen (secondary N) is 1. The van der Waals surface area contributed by atoms with Crippen LogP contribution < -0.4 is 5.32 Å². The van der Waals surface area contributed by atoms with Crippen molar-refractivity contribution < 1.29 is 23.2 Å². The number of carbonyl (C=O) groups is 3. The van der Waals surface area contributed by atoms with Crippen molar-refractivity contribution in [3.63, 3.8) is 0 Å². The number of imide groups is 1. The van der Waals surface area contributed by atoms with E-state index in [0.29, 0.717) is 5.56 Å². The number of Topliss-reactive ketones (excluding diaryl/α,β-unsaturated/α-hetero) is 1. The Morgan fingerprint density at radius 3 is 2.30 bits per heavy atom. The zero-order valence-electron chi connectivity index (χ0n) is 12.4. The van der Waals surface area contributed by atoms with Crippen LogP contribution in [-0.2, 0) is 4.79 Å². The lowest BCUT2D eigenvalue weighted by Crippen LogP contribution is -2.51. The second-order valence-corrected chi connectivity index (χ2v) is 6.05. The molecule has 1 aromatic carbocycles. The average molecular weight is 322 g/mol. The molecule has 122 valence electrons. The molecular weight excluding hydrogens is 306 g/mol. The Hall–Kier alpha value is -2.31. The summed E-state index contributed by atoms with van der Waals surface area (Å²) in [6.07, 6.45) is -1.11. The molecule has 1 aliphatic carbocycles. The van der Waals surface area contributed by atoms with Gasteiger partial charge in [-0.15, -0.1) is 0 Å². The first-order valence-electron chi connectivity index (χ1n) is 7.43. The van der Waals surface area contributed by atoms with Crippen molar-refractivity contribution in [2.45, 2.75) is 37.1 Å². The van der Waals surface area contributed by atoms with E-state index < -0.39 is 36.2 Å². The highest BCUT2D eigenvalue weighted by Crippen LogP contribution is 2.41. The van der Waals surface area contributed by atoms with Crippen LogP contribution in [-0.4, -0.2) is 40.6 Å². The van der Waals surface area contributed by atoms with Crippen molar-refractivity contribution >= 4 is 17.7 Å². The summed E-state index contributed by atoms with van der Waals surface area (Å²) in [6, 6.07) is 7.62. The molecule has 0 atom stereocenters. The van der Waals surface area contributed by atoms with E-state index in [4.69, 9.17) is 0 Å². The lowest BCUT2D eigenvalue weighted by Gasteiger charge is -2.34. The third kappa shape index (κ3) is 2.83. The first-order valence-corrected chi connectivity index (χ1v) is 7.43. The summed E-state index contributed by atoms with van der Waals surface area (Å²) in [5.74, 6) is -3.75. The molecule has 1 aliphatic heterocycles. The van der Waals surface area contributed by atoms with Crippen molar-refractivity contribution in [3.05, 3.63) is 35.9 Å². The van der Waals surface area contributed by atoms with Gasteiger partial charge in [0.25, 0.3) is 5.91 Å². The van der Waals surface area contributed by atoms with Gasteiger partial charge in [-0.1, -0.05) is 30.3 Å². The lowest BCUT2D eigenvalue weighted by molar-refractivity contribution is -0.135. The maximum Gasteiger partial charge on any atom is 0.325 e. The van der Waals surface area contributed by atoms with Crippen LogP contribution in [0.4, 0.5) is 13.6 Å². The standard InChI is InChI=1S/C16H16F2N2O3/c17-16(18)8-6-15(7-9-16)13(22)20(14(23)19-15)10-12(21)11-4-2-1-3-5-11/h1-5H,6-10H2,(H,19,23). The van der Waals surface area contributed by atoms with Crippen LogP contribution in [0, 0.1) is 0 Å². The molecule has 7 heteroatoms. The molecule has 1 aromatic rings. The highest BCUT2D eigenvalue weighted by Gasteiger charge is 2.55. The Labute approximate surface area is 131 Å². The first-order chi connectivity index (χ1) is 10.8. The summed E-state index contributed by atoms with van der Waals surface area (Å²) in [6.45, 7) is -0.382. The van der Waals surface area contributed by atoms with Gasteiger partial charge in [0.15, 0.2) is 5.78 Å². The Morgan fingerprint density at radius 1 is 1.09 bits per heavy atom. The number of hydrogen-bond donors (Lipinski definition) is 1. The van der Waals surface area contributed by atoms with Gasteiger partial charge in [-0.05, 0) is 12.8 Å². The summed E-state index contributed by atoms with van der Waals surface area (Å²) in [5, 5.41) is 2.52. The highest BCUT2D eigenvalue weighted by molar-refractivity contribution is 6.11. The smallest absolute Gasteiger partial charge is 0.323 e. The van der Waals surface area contributed by atoms with Gasteiger partial charge in [0, 0.05) is 18.4 Å². The molecule has 2 fully saturated rings. The minimum Gasteiger partial charge on any atom is -0.323 e. The Bertz CT molecular complexity index is 651. The molecule has 5 nitrogen and oxygen atoms in total. The fraction of sp³-hybridized carbons (Fsp3) is 0.438. The molecule has 1 N–H and O–H groups in total. The molecule has 0 aromatic heterocycles. The fourth-order valence-corrected chi connectivity index (χ4v) is 3.06. The number of nitrogens with zero attached hydrogens (tertiary/aromatic N) is 1. The average Bonchev–Trinajstić information content (AvgIpc) is 2.76.